The molecule has 1 amide bonds. The first-order valence-corrected chi connectivity index (χ1v) is 9.23. The number of anilines is 1. The highest BCUT2D eigenvalue weighted by Crippen LogP contribution is 2.26. The van der Waals surface area contributed by atoms with Crippen molar-refractivity contribution in [3.8, 4) is 5.75 Å². The number of amides is 1. The van der Waals surface area contributed by atoms with E-state index in [9.17, 15) is 4.79 Å². The van der Waals surface area contributed by atoms with Crippen LogP contribution in [-0.4, -0.2) is 32.1 Å². The van der Waals surface area contributed by atoms with E-state index in [1.807, 2.05) is 36.4 Å². The summed E-state index contributed by atoms with van der Waals surface area (Å²) in [5.41, 5.74) is 3.21. The van der Waals surface area contributed by atoms with Gasteiger partial charge in [0.15, 0.2) is 5.96 Å². The predicted molar refractivity (Wildman–Crippen MR) is 108 cm³/mol. The van der Waals surface area contributed by atoms with Crippen LogP contribution in [0.4, 0.5) is 5.69 Å². The fourth-order valence-corrected chi connectivity index (χ4v) is 3.01. The van der Waals surface area contributed by atoms with Gasteiger partial charge in [0.25, 0.3) is 0 Å². The largest absolute Gasteiger partial charge is 0.492 e. The number of hydrogen-bond acceptors (Lipinski definition) is 3. The molecule has 0 aliphatic carbocycles. The lowest BCUT2D eigenvalue weighted by Gasteiger charge is -2.19. The summed E-state index contributed by atoms with van der Waals surface area (Å²) in [6.45, 7) is 3.26. The zero-order valence-corrected chi connectivity index (χ0v) is 15.8. The van der Waals surface area contributed by atoms with Crippen molar-refractivity contribution in [3.05, 3.63) is 59.7 Å². The van der Waals surface area contributed by atoms with Crippen LogP contribution in [0.5, 0.6) is 5.75 Å². The van der Waals surface area contributed by atoms with E-state index in [2.05, 4.69) is 40.0 Å². The number of aliphatic imine (C=N–C) groups is 1. The molecular formula is C21H26N4O2. The van der Waals surface area contributed by atoms with Crippen LogP contribution in [0.1, 0.15) is 30.5 Å². The number of rotatable bonds is 6. The summed E-state index contributed by atoms with van der Waals surface area (Å²) < 4.78 is 5.83. The minimum Gasteiger partial charge on any atom is -0.492 e. The van der Waals surface area contributed by atoms with Crippen LogP contribution >= 0.6 is 0 Å². The molecule has 0 saturated carbocycles. The van der Waals surface area contributed by atoms with Gasteiger partial charge in [-0.1, -0.05) is 30.3 Å². The molecule has 1 atom stereocenters. The molecular weight excluding hydrogens is 340 g/mol. The molecule has 0 aromatic heterocycles. The second kappa shape index (κ2) is 9.07. The van der Waals surface area contributed by atoms with Crippen molar-refractivity contribution >= 4 is 17.6 Å². The fraction of sp³-hybridized carbons (Fsp3) is 0.333. The van der Waals surface area contributed by atoms with Gasteiger partial charge in [0.05, 0.1) is 12.6 Å². The van der Waals surface area contributed by atoms with E-state index in [4.69, 9.17) is 4.74 Å². The van der Waals surface area contributed by atoms with Gasteiger partial charge >= 0.3 is 0 Å². The van der Waals surface area contributed by atoms with E-state index >= 15 is 0 Å². The van der Waals surface area contributed by atoms with Crippen molar-refractivity contribution in [3.63, 3.8) is 0 Å². The van der Waals surface area contributed by atoms with Gasteiger partial charge in [0.1, 0.15) is 12.4 Å². The lowest BCUT2D eigenvalue weighted by molar-refractivity contribution is -0.116. The van der Waals surface area contributed by atoms with Gasteiger partial charge in [0, 0.05) is 19.2 Å². The molecule has 0 spiro atoms. The highest BCUT2D eigenvalue weighted by molar-refractivity contribution is 5.94. The van der Waals surface area contributed by atoms with Gasteiger partial charge in [0.2, 0.25) is 5.91 Å². The number of nitrogens with one attached hydrogen (secondary N) is 3. The van der Waals surface area contributed by atoms with Crippen molar-refractivity contribution in [2.75, 3.05) is 25.5 Å². The van der Waals surface area contributed by atoms with Crippen LogP contribution in [0.3, 0.4) is 0 Å². The summed E-state index contributed by atoms with van der Waals surface area (Å²) in [7, 11) is 1.76. The van der Waals surface area contributed by atoms with Gasteiger partial charge in [-0.15, -0.1) is 0 Å². The summed E-state index contributed by atoms with van der Waals surface area (Å²) in [4.78, 5) is 15.7. The first-order valence-electron chi connectivity index (χ1n) is 9.23. The summed E-state index contributed by atoms with van der Waals surface area (Å²) in [6, 6.07) is 16.2. The van der Waals surface area contributed by atoms with Crippen LogP contribution in [0.15, 0.2) is 53.5 Å². The average Bonchev–Trinajstić information content (AvgIpc) is 2.70. The number of fused-ring (bicyclic) bond motifs is 1. The first kappa shape index (κ1) is 18.8. The maximum atomic E-state index is 11.4. The van der Waals surface area contributed by atoms with E-state index in [0.717, 1.165) is 29.4 Å². The second-order valence-corrected chi connectivity index (χ2v) is 6.49. The Hall–Kier alpha value is -3.02. The molecule has 3 N–H and O–H groups in total. The van der Waals surface area contributed by atoms with Gasteiger partial charge < -0.3 is 20.7 Å². The molecule has 6 nitrogen and oxygen atoms in total. The topological polar surface area (TPSA) is 74.8 Å². The Kier molecular flexibility index (Phi) is 6.30. The van der Waals surface area contributed by atoms with E-state index < -0.39 is 0 Å². The lowest BCUT2D eigenvalue weighted by Crippen LogP contribution is -2.40. The minimum atomic E-state index is 0.0731. The zero-order chi connectivity index (χ0) is 19.1. The number of ether oxygens (including phenoxy) is 1. The van der Waals surface area contributed by atoms with Crippen molar-refractivity contribution in [2.45, 2.75) is 25.8 Å². The summed E-state index contributed by atoms with van der Waals surface area (Å²) in [6.07, 6.45) is 1.28. The fourth-order valence-electron chi connectivity index (χ4n) is 3.01. The molecule has 0 saturated heterocycles. The molecule has 1 aliphatic rings. The highest BCUT2D eigenvalue weighted by Gasteiger charge is 2.15. The molecule has 2 aromatic rings. The third-order valence-electron chi connectivity index (χ3n) is 4.51. The molecule has 1 unspecified atom stereocenters. The lowest BCUT2D eigenvalue weighted by atomic mass is 10.0. The summed E-state index contributed by atoms with van der Waals surface area (Å²) >= 11 is 0. The SMILES string of the molecule is CN=C(NCCOc1ccc2c(c1)CCC(=O)N2)NC(C)c1ccccc1. The Bertz CT molecular complexity index is 805. The number of carbonyl (C=O) groups is 1. The molecule has 27 heavy (non-hydrogen) atoms. The number of guanidine groups is 1. The second-order valence-electron chi connectivity index (χ2n) is 6.49. The molecule has 1 aliphatic heterocycles. The van der Waals surface area contributed by atoms with Gasteiger partial charge in [-0.25, -0.2) is 0 Å². The van der Waals surface area contributed by atoms with E-state index in [0.29, 0.717) is 19.6 Å². The average molecular weight is 366 g/mol. The summed E-state index contributed by atoms with van der Waals surface area (Å²) in [5.74, 6) is 1.62. The van der Waals surface area contributed by atoms with Crippen molar-refractivity contribution in [1.29, 1.82) is 0 Å². The van der Waals surface area contributed by atoms with Gasteiger partial charge in [-0.05, 0) is 42.7 Å². The molecule has 3 rings (SSSR count). The third kappa shape index (κ3) is 5.23. The quantitative estimate of drug-likeness (QED) is 0.417. The number of carbonyl (C=O) groups excluding carboxylic acids is 1. The van der Waals surface area contributed by atoms with Crippen LogP contribution in [0.25, 0.3) is 0 Å². The highest BCUT2D eigenvalue weighted by atomic mass is 16.5. The molecule has 0 radical (unpaired) electrons. The van der Waals surface area contributed by atoms with Crippen LogP contribution in [0, 0.1) is 0 Å². The molecule has 142 valence electrons. The molecule has 2 aromatic carbocycles. The Balaban J connectivity index is 1.44. The van der Waals surface area contributed by atoms with Gasteiger partial charge in [-0.3, -0.25) is 9.79 Å². The molecule has 6 heteroatoms. The molecule has 1 heterocycles. The zero-order valence-electron chi connectivity index (χ0n) is 15.8. The van der Waals surface area contributed by atoms with Crippen molar-refractivity contribution in [1.82, 2.24) is 10.6 Å². The Labute approximate surface area is 160 Å². The minimum absolute atomic E-state index is 0.0731. The summed E-state index contributed by atoms with van der Waals surface area (Å²) in [5, 5.41) is 9.51. The molecule has 0 fully saturated rings. The third-order valence-corrected chi connectivity index (χ3v) is 4.51. The standard InChI is InChI=1S/C21H26N4O2/c1-15(16-6-4-3-5-7-16)24-21(22-2)23-12-13-27-18-9-10-19-17(14-18)8-11-20(26)25-19/h3-7,9-10,14-15H,8,11-13H2,1-2H3,(H,25,26)(H2,22,23,24). The number of nitrogens with zero attached hydrogens (tertiary/aromatic N) is 1. The first-order chi connectivity index (χ1) is 13.2. The number of aryl methyl sites for hydroxylation is 1. The van der Waals surface area contributed by atoms with Gasteiger partial charge in [-0.2, -0.15) is 0 Å². The maximum Gasteiger partial charge on any atom is 0.224 e. The number of hydrogen-bond donors (Lipinski definition) is 3. The normalized spacial score (nSPS) is 14.7. The van der Waals surface area contributed by atoms with E-state index in [1.54, 1.807) is 7.05 Å². The smallest absolute Gasteiger partial charge is 0.224 e. The van der Waals surface area contributed by atoms with Crippen LogP contribution in [-0.2, 0) is 11.2 Å². The maximum absolute atomic E-state index is 11.4. The van der Waals surface area contributed by atoms with Crippen molar-refractivity contribution in [2.24, 2.45) is 4.99 Å². The number of benzene rings is 2. The Morgan fingerprint density at radius 1 is 1.22 bits per heavy atom. The van der Waals surface area contributed by atoms with Crippen LogP contribution < -0.4 is 20.7 Å². The van der Waals surface area contributed by atoms with E-state index in [1.165, 1.54) is 5.56 Å². The van der Waals surface area contributed by atoms with E-state index in [-0.39, 0.29) is 11.9 Å². The van der Waals surface area contributed by atoms with Crippen LogP contribution in [0.2, 0.25) is 0 Å². The monoisotopic (exact) mass is 366 g/mol. The van der Waals surface area contributed by atoms with Crippen molar-refractivity contribution < 1.29 is 9.53 Å². The predicted octanol–water partition coefficient (Wildman–Crippen LogP) is 2.88. The Morgan fingerprint density at radius 3 is 2.81 bits per heavy atom. The Morgan fingerprint density at radius 2 is 2.04 bits per heavy atom. The molecule has 0 bridgehead atoms.